The van der Waals surface area contributed by atoms with E-state index in [4.69, 9.17) is 0 Å². The summed E-state index contributed by atoms with van der Waals surface area (Å²) in [6.45, 7) is 18.2. The Morgan fingerprint density at radius 2 is 1.29 bits per heavy atom. The first kappa shape index (κ1) is 19.5. The van der Waals surface area contributed by atoms with Gasteiger partial charge in [-0.15, -0.1) is 0 Å². The maximum atomic E-state index is 2.40. The van der Waals surface area contributed by atoms with Gasteiger partial charge in [0, 0.05) is 5.54 Å². The average Bonchev–Trinajstić information content (AvgIpc) is 2.22. The van der Waals surface area contributed by atoms with Crippen LogP contribution in [0.2, 0.25) is 0 Å². The summed E-state index contributed by atoms with van der Waals surface area (Å²) in [6.07, 6.45) is 2.56. The highest BCUT2D eigenvalue weighted by molar-refractivity contribution is 4.77. The van der Waals surface area contributed by atoms with Crippen LogP contribution in [0.1, 0.15) is 68.2 Å². The molecule has 0 aliphatic carbocycles. The van der Waals surface area contributed by atoms with E-state index < -0.39 is 0 Å². The first-order valence-electron chi connectivity index (χ1n) is 6.25. The minimum absolute atomic E-state index is 0.392. The second-order valence-corrected chi connectivity index (χ2v) is 3.58. The quantitative estimate of drug-likeness (QED) is 0.647. The molecule has 0 aromatic carbocycles. The van der Waals surface area contributed by atoms with Gasteiger partial charge in [-0.05, 0) is 33.9 Å². The van der Waals surface area contributed by atoms with E-state index in [1.165, 1.54) is 12.8 Å². The molecule has 14 heavy (non-hydrogen) atoms. The molecule has 0 fully saturated rings. The average molecular weight is 203 g/mol. The van der Waals surface area contributed by atoms with E-state index in [9.17, 15) is 0 Å². The van der Waals surface area contributed by atoms with Gasteiger partial charge in [0.15, 0.2) is 0 Å². The van der Waals surface area contributed by atoms with E-state index in [1.807, 2.05) is 27.7 Å². The highest BCUT2D eigenvalue weighted by Crippen LogP contribution is 2.17. The molecule has 0 spiro atoms. The molecule has 0 aliphatic rings. The molecule has 0 saturated heterocycles. The molecular formula is C13H33N. The van der Waals surface area contributed by atoms with Crippen LogP contribution in [-0.4, -0.2) is 24.0 Å². The molecule has 0 amide bonds. The standard InChI is InChI=1S/C9H21N.2C2H6/c1-6-8-9(3,4)10(5)7-2;2*1-2/h6-8H2,1-5H3;2*1-2H3. The lowest BCUT2D eigenvalue weighted by Crippen LogP contribution is -2.40. The number of hydrogen-bond acceptors (Lipinski definition) is 1. The van der Waals surface area contributed by atoms with Crippen LogP contribution >= 0.6 is 0 Å². The van der Waals surface area contributed by atoms with Gasteiger partial charge in [-0.1, -0.05) is 48.0 Å². The minimum atomic E-state index is 0.392. The van der Waals surface area contributed by atoms with E-state index >= 15 is 0 Å². The van der Waals surface area contributed by atoms with E-state index in [0.717, 1.165) is 6.54 Å². The van der Waals surface area contributed by atoms with Gasteiger partial charge in [-0.25, -0.2) is 0 Å². The molecule has 0 saturated carbocycles. The third-order valence-corrected chi connectivity index (χ3v) is 2.37. The molecule has 0 N–H and O–H groups in total. The zero-order valence-electron chi connectivity index (χ0n) is 12.1. The smallest absolute Gasteiger partial charge is 0.0150 e. The molecule has 1 nitrogen and oxygen atoms in total. The van der Waals surface area contributed by atoms with Gasteiger partial charge in [0.05, 0.1) is 0 Å². The van der Waals surface area contributed by atoms with Gasteiger partial charge in [-0.3, -0.25) is 0 Å². The Morgan fingerprint density at radius 3 is 1.50 bits per heavy atom. The zero-order chi connectivity index (χ0) is 12.2. The van der Waals surface area contributed by atoms with Crippen molar-refractivity contribution in [2.24, 2.45) is 0 Å². The molecule has 0 heterocycles. The van der Waals surface area contributed by atoms with Gasteiger partial charge in [-0.2, -0.15) is 0 Å². The van der Waals surface area contributed by atoms with Crippen LogP contribution in [-0.2, 0) is 0 Å². The predicted molar refractivity (Wildman–Crippen MR) is 70.0 cm³/mol. The summed E-state index contributed by atoms with van der Waals surface area (Å²) in [5, 5.41) is 0. The van der Waals surface area contributed by atoms with Crippen LogP contribution in [0.3, 0.4) is 0 Å². The van der Waals surface area contributed by atoms with Gasteiger partial charge in [0.1, 0.15) is 0 Å². The molecule has 1 heteroatoms. The lowest BCUT2D eigenvalue weighted by atomic mass is 9.97. The van der Waals surface area contributed by atoms with Crippen molar-refractivity contribution in [3.8, 4) is 0 Å². The van der Waals surface area contributed by atoms with Crippen LogP contribution in [0.4, 0.5) is 0 Å². The third-order valence-electron chi connectivity index (χ3n) is 2.37. The fourth-order valence-corrected chi connectivity index (χ4v) is 1.23. The highest BCUT2D eigenvalue weighted by Gasteiger charge is 2.19. The first-order valence-corrected chi connectivity index (χ1v) is 6.25. The molecule has 0 rings (SSSR count). The molecule has 0 radical (unpaired) electrons. The highest BCUT2D eigenvalue weighted by atomic mass is 15.2. The van der Waals surface area contributed by atoms with Crippen molar-refractivity contribution in [1.29, 1.82) is 0 Å². The van der Waals surface area contributed by atoms with Crippen LogP contribution in [0.15, 0.2) is 0 Å². The van der Waals surface area contributed by atoms with Crippen molar-refractivity contribution in [3.05, 3.63) is 0 Å². The lowest BCUT2D eigenvalue weighted by Gasteiger charge is -2.34. The third kappa shape index (κ3) is 10.0. The summed E-state index contributed by atoms with van der Waals surface area (Å²) in [6, 6.07) is 0. The second-order valence-electron chi connectivity index (χ2n) is 3.58. The van der Waals surface area contributed by atoms with Crippen LogP contribution in [0, 0.1) is 0 Å². The fraction of sp³-hybridized carbons (Fsp3) is 1.00. The Balaban J connectivity index is -0.000000266. The van der Waals surface area contributed by atoms with Gasteiger partial charge in [0.25, 0.3) is 0 Å². The molecule has 90 valence electrons. The van der Waals surface area contributed by atoms with E-state index in [2.05, 4.69) is 39.6 Å². The molecular weight excluding hydrogens is 170 g/mol. The maximum absolute atomic E-state index is 2.40. The fourth-order valence-electron chi connectivity index (χ4n) is 1.23. The van der Waals surface area contributed by atoms with Crippen molar-refractivity contribution in [2.45, 2.75) is 73.8 Å². The largest absolute Gasteiger partial charge is 0.302 e. The van der Waals surface area contributed by atoms with E-state index in [1.54, 1.807) is 0 Å². The molecule has 0 atom stereocenters. The number of nitrogens with zero attached hydrogens (tertiary/aromatic N) is 1. The van der Waals surface area contributed by atoms with Crippen LogP contribution < -0.4 is 0 Å². The van der Waals surface area contributed by atoms with Crippen molar-refractivity contribution in [2.75, 3.05) is 13.6 Å². The van der Waals surface area contributed by atoms with E-state index in [-0.39, 0.29) is 0 Å². The Labute approximate surface area is 92.9 Å². The summed E-state index contributed by atoms with van der Waals surface area (Å²) in [5.41, 5.74) is 0.392. The Bertz CT molecular complexity index is 87.2. The van der Waals surface area contributed by atoms with Crippen molar-refractivity contribution >= 4 is 0 Å². The number of hydrogen-bond donors (Lipinski definition) is 0. The molecule has 0 aliphatic heterocycles. The Kier molecular flexibility index (Phi) is 18.1. The van der Waals surface area contributed by atoms with Gasteiger partial charge >= 0.3 is 0 Å². The Hall–Kier alpha value is -0.0400. The second kappa shape index (κ2) is 13.0. The summed E-state index contributed by atoms with van der Waals surface area (Å²) >= 11 is 0. The van der Waals surface area contributed by atoms with Crippen LogP contribution in [0.25, 0.3) is 0 Å². The van der Waals surface area contributed by atoms with Gasteiger partial charge < -0.3 is 4.90 Å². The van der Waals surface area contributed by atoms with Crippen LogP contribution in [0.5, 0.6) is 0 Å². The molecule has 0 unspecified atom stereocenters. The topological polar surface area (TPSA) is 3.24 Å². The molecule has 0 bridgehead atoms. The molecule has 0 aromatic rings. The SMILES string of the molecule is CC.CC.CCCC(C)(C)N(C)CC. The maximum Gasteiger partial charge on any atom is 0.0150 e. The summed E-state index contributed by atoms with van der Waals surface area (Å²) in [5.74, 6) is 0. The van der Waals surface area contributed by atoms with Crippen molar-refractivity contribution in [1.82, 2.24) is 4.90 Å². The lowest BCUT2D eigenvalue weighted by molar-refractivity contribution is 0.152. The first-order chi connectivity index (χ1) is 6.54. The van der Waals surface area contributed by atoms with Crippen molar-refractivity contribution in [3.63, 3.8) is 0 Å². The van der Waals surface area contributed by atoms with Gasteiger partial charge in [0.2, 0.25) is 0 Å². The number of rotatable bonds is 4. The monoisotopic (exact) mass is 203 g/mol. The Morgan fingerprint density at radius 1 is 0.929 bits per heavy atom. The summed E-state index contributed by atoms with van der Waals surface area (Å²) < 4.78 is 0. The zero-order valence-corrected chi connectivity index (χ0v) is 12.1. The summed E-state index contributed by atoms with van der Waals surface area (Å²) in [7, 11) is 2.19. The summed E-state index contributed by atoms with van der Waals surface area (Å²) in [4.78, 5) is 2.40. The molecule has 0 aromatic heterocycles. The van der Waals surface area contributed by atoms with E-state index in [0.29, 0.717) is 5.54 Å². The minimum Gasteiger partial charge on any atom is -0.302 e. The van der Waals surface area contributed by atoms with Crippen molar-refractivity contribution < 1.29 is 0 Å². The normalized spacial score (nSPS) is 9.86. The predicted octanol–water partition coefficient (Wildman–Crippen LogP) is 4.57.